The van der Waals surface area contributed by atoms with Crippen molar-refractivity contribution in [3.8, 4) is 5.75 Å². The molecule has 0 saturated carbocycles. The Balaban J connectivity index is 1.59. The van der Waals surface area contributed by atoms with Crippen LogP contribution in [0.15, 0.2) is 41.9 Å². The van der Waals surface area contributed by atoms with E-state index in [1.165, 1.54) is 23.5 Å². The molecule has 0 spiro atoms. The highest BCUT2D eigenvalue weighted by Gasteiger charge is 2.13. The Kier molecular flexibility index (Phi) is 5.51. The monoisotopic (exact) mass is 386 g/mol. The minimum Gasteiger partial charge on any atom is -0.489 e. The number of aromatic nitrogens is 2. The van der Waals surface area contributed by atoms with Crippen LogP contribution in [0, 0.1) is 17.0 Å². The van der Waals surface area contributed by atoms with Crippen LogP contribution in [0.5, 0.6) is 5.75 Å². The van der Waals surface area contributed by atoms with E-state index in [2.05, 4.69) is 10.4 Å². The van der Waals surface area contributed by atoms with E-state index in [0.717, 1.165) is 17.8 Å². The molecular weight excluding hydrogens is 368 g/mol. The highest BCUT2D eigenvalue weighted by molar-refractivity contribution is 7.12. The number of aryl methyl sites for hydroxylation is 2. The van der Waals surface area contributed by atoms with Crippen LogP contribution in [-0.2, 0) is 13.2 Å². The lowest BCUT2D eigenvalue weighted by Crippen LogP contribution is -2.10. The SMILES string of the molecule is CCn1cc(NC(=O)c2cc(COc3ccc([N+](=O)[O-])cc3)cs2)c(C)n1. The molecule has 0 aliphatic carbocycles. The van der Waals surface area contributed by atoms with Gasteiger partial charge in [-0.2, -0.15) is 5.10 Å². The smallest absolute Gasteiger partial charge is 0.269 e. The lowest BCUT2D eigenvalue weighted by atomic mass is 10.3. The first-order valence-corrected chi connectivity index (χ1v) is 9.14. The van der Waals surface area contributed by atoms with E-state index >= 15 is 0 Å². The fourth-order valence-electron chi connectivity index (χ4n) is 2.39. The van der Waals surface area contributed by atoms with E-state index in [1.807, 2.05) is 19.2 Å². The van der Waals surface area contributed by atoms with Crippen molar-refractivity contribution in [3.05, 3.63) is 68.2 Å². The van der Waals surface area contributed by atoms with Crippen molar-refractivity contribution in [2.45, 2.75) is 27.0 Å². The number of hydrogen-bond acceptors (Lipinski definition) is 6. The third kappa shape index (κ3) is 4.50. The number of nitro benzene ring substituents is 1. The lowest BCUT2D eigenvalue weighted by Gasteiger charge is -2.04. The average molecular weight is 386 g/mol. The molecule has 3 rings (SSSR count). The summed E-state index contributed by atoms with van der Waals surface area (Å²) in [7, 11) is 0. The minimum absolute atomic E-state index is 0.0125. The van der Waals surface area contributed by atoms with Crippen molar-refractivity contribution in [1.29, 1.82) is 0 Å². The van der Waals surface area contributed by atoms with Crippen LogP contribution in [0.3, 0.4) is 0 Å². The van der Waals surface area contributed by atoms with E-state index in [4.69, 9.17) is 4.74 Å². The summed E-state index contributed by atoms with van der Waals surface area (Å²) < 4.78 is 7.38. The van der Waals surface area contributed by atoms with Gasteiger partial charge in [0.2, 0.25) is 0 Å². The number of ether oxygens (including phenoxy) is 1. The molecule has 0 aliphatic rings. The van der Waals surface area contributed by atoms with Gasteiger partial charge in [-0.05, 0) is 37.4 Å². The maximum absolute atomic E-state index is 12.4. The molecule has 140 valence electrons. The summed E-state index contributed by atoms with van der Waals surface area (Å²) in [4.78, 5) is 23.2. The first-order chi connectivity index (χ1) is 13.0. The number of benzene rings is 1. The highest BCUT2D eigenvalue weighted by atomic mass is 32.1. The maximum atomic E-state index is 12.4. The topological polar surface area (TPSA) is 99.3 Å². The summed E-state index contributed by atoms with van der Waals surface area (Å²) >= 11 is 1.33. The summed E-state index contributed by atoms with van der Waals surface area (Å²) in [5, 5.41) is 19.7. The van der Waals surface area contributed by atoms with E-state index < -0.39 is 4.92 Å². The number of rotatable bonds is 7. The number of hydrogen-bond donors (Lipinski definition) is 1. The van der Waals surface area contributed by atoms with Gasteiger partial charge in [-0.1, -0.05) is 0 Å². The second-order valence-corrected chi connectivity index (χ2v) is 6.71. The molecule has 0 bridgehead atoms. The molecule has 2 aromatic heterocycles. The van der Waals surface area contributed by atoms with E-state index in [-0.39, 0.29) is 18.2 Å². The van der Waals surface area contributed by atoms with Crippen LogP contribution in [0.25, 0.3) is 0 Å². The first-order valence-electron chi connectivity index (χ1n) is 8.26. The van der Waals surface area contributed by atoms with Crippen molar-refractivity contribution in [1.82, 2.24) is 9.78 Å². The number of nitro groups is 1. The van der Waals surface area contributed by atoms with Gasteiger partial charge in [-0.3, -0.25) is 19.6 Å². The Labute approximate surface area is 159 Å². The Bertz CT molecular complexity index is 962. The Hall–Kier alpha value is -3.20. The van der Waals surface area contributed by atoms with Crippen molar-refractivity contribution in [3.63, 3.8) is 0 Å². The fraction of sp³-hybridized carbons (Fsp3) is 0.222. The van der Waals surface area contributed by atoms with Crippen molar-refractivity contribution in [2.24, 2.45) is 0 Å². The van der Waals surface area contributed by atoms with Gasteiger partial charge in [-0.25, -0.2) is 0 Å². The van der Waals surface area contributed by atoms with E-state index in [1.54, 1.807) is 29.1 Å². The van der Waals surface area contributed by atoms with Crippen LogP contribution in [0.4, 0.5) is 11.4 Å². The van der Waals surface area contributed by atoms with Crippen LogP contribution in [-0.4, -0.2) is 20.6 Å². The van der Waals surface area contributed by atoms with E-state index in [9.17, 15) is 14.9 Å². The second kappa shape index (κ2) is 8.00. The van der Waals surface area contributed by atoms with Gasteiger partial charge in [0.25, 0.3) is 11.6 Å². The summed E-state index contributed by atoms with van der Waals surface area (Å²) in [6, 6.07) is 7.64. The number of nitrogens with one attached hydrogen (secondary N) is 1. The van der Waals surface area contributed by atoms with Crippen molar-refractivity contribution >= 4 is 28.6 Å². The number of non-ortho nitro benzene ring substituents is 1. The number of nitrogens with zero attached hydrogens (tertiary/aromatic N) is 3. The summed E-state index contributed by atoms with van der Waals surface area (Å²) in [5.41, 5.74) is 2.32. The Morgan fingerprint density at radius 2 is 2.11 bits per heavy atom. The maximum Gasteiger partial charge on any atom is 0.269 e. The number of thiophene rings is 1. The van der Waals surface area contributed by atoms with Gasteiger partial charge in [0, 0.05) is 30.4 Å². The first kappa shape index (κ1) is 18.6. The van der Waals surface area contributed by atoms with E-state index in [0.29, 0.717) is 16.3 Å². The molecular formula is C18H18N4O4S. The molecule has 0 radical (unpaired) electrons. The zero-order valence-electron chi connectivity index (χ0n) is 14.8. The molecule has 8 nitrogen and oxygen atoms in total. The van der Waals surface area contributed by atoms with Crippen molar-refractivity contribution in [2.75, 3.05) is 5.32 Å². The van der Waals surface area contributed by atoms with Crippen LogP contribution in [0.1, 0.15) is 27.9 Å². The molecule has 1 amide bonds. The van der Waals surface area contributed by atoms with Gasteiger partial charge in [0.1, 0.15) is 12.4 Å². The van der Waals surface area contributed by atoms with Gasteiger partial charge in [0.15, 0.2) is 0 Å². The van der Waals surface area contributed by atoms with Crippen LogP contribution < -0.4 is 10.1 Å². The zero-order valence-corrected chi connectivity index (χ0v) is 15.7. The molecule has 0 fully saturated rings. The van der Waals surface area contributed by atoms with Crippen LogP contribution in [0.2, 0.25) is 0 Å². The molecule has 3 aromatic rings. The molecule has 1 aromatic carbocycles. The van der Waals surface area contributed by atoms with Gasteiger partial charge in [0.05, 0.1) is 21.2 Å². The molecule has 0 atom stereocenters. The fourth-order valence-corrected chi connectivity index (χ4v) is 3.18. The molecule has 2 heterocycles. The Morgan fingerprint density at radius 1 is 1.37 bits per heavy atom. The number of amides is 1. The zero-order chi connectivity index (χ0) is 19.4. The number of carbonyl (C=O) groups is 1. The third-order valence-corrected chi connectivity index (χ3v) is 4.83. The van der Waals surface area contributed by atoms with Gasteiger partial charge < -0.3 is 10.1 Å². The quantitative estimate of drug-likeness (QED) is 0.488. The highest BCUT2D eigenvalue weighted by Crippen LogP contribution is 2.22. The van der Waals surface area contributed by atoms with Crippen molar-refractivity contribution < 1.29 is 14.5 Å². The standard InChI is InChI=1S/C18H18N4O4S/c1-3-21-9-16(12(2)20-21)19-18(23)17-8-13(11-27-17)10-26-15-6-4-14(5-7-15)22(24)25/h4-9,11H,3,10H2,1-2H3,(H,19,23). The molecule has 27 heavy (non-hydrogen) atoms. The summed E-state index contributed by atoms with van der Waals surface area (Å²) in [6.45, 7) is 4.84. The predicted molar refractivity (Wildman–Crippen MR) is 102 cm³/mol. The minimum atomic E-state index is -0.459. The summed E-state index contributed by atoms with van der Waals surface area (Å²) in [5.74, 6) is 0.334. The van der Waals surface area contributed by atoms with Gasteiger partial charge >= 0.3 is 0 Å². The molecule has 0 aliphatic heterocycles. The largest absolute Gasteiger partial charge is 0.489 e. The second-order valence-electron chi connectivity index (χ2n) is 5.80. The molecule has 0 saturated heterocycles. The third-order valence-electron chi connectivity index (χ3n) is 3.85. The van der Waals surface area contributed by atoms with Crippen LogP contribution >= 0.6 is 11.3 Å². The lowest BCUT2D eigenvalue weighted by molar-refractivity contribution is -0.384. The average Bonchev–Trinajstić information content (AvgIpc) is 3.27. The summed E-state index contributed by atoms with van der Waals surface area (Å²) in [6.07, 6.45) is 1.81. The normalized spacial score (nSPS) is 10.6. The molecule has 9 heteroatoms. The number of carbonyl (C=O) groups excluding carboxylic acids is 1. The molecule has 0 unspecified atom stereocenters. The number of anilines is 1. The predicted octanol–water partition coefficient (Wildman–Crippen LogP) is 4.01. The Morgan fingerprint density at radius 3 is 2.74 bits per heavy atom. The van der Waals surface area contributed by atoms with Gasteiger partial charge in [-0.15, -0.1) is 11.3 Å². The molecule has 1 N–H and O–H groups in total.